The summed E-state index contributed by atoms with van der Waals surface area (Å²) in [5.41, 5.74) is 2.69. The second-order valence-electron chi connectivity index (χ2n) is 5.50. The molecule has 0 amide bonds. The first-order valence-corrected chi connectivity index (χ1v) is 8.10. The van der Waals surface area contributed by atoms with E-state index in [0.717, 1.165) is 25.9 Å². The molecule has 1 N–H and O–H groups in total. The fraction of sp³-hybridized carbons (Fsp3) is 0.500. The number of aromatic nitrogens is 2. The molecule has 0 saturated carbocycles. The van der Waals surface area contributed by atoms with Crippen LogP contribution in [0.3, 0.4) is 0 Å². The molecule has 0 bridgehead atoms. The number of nitrogens with one attached hydrogen (secondary N) is 1. The number of benzene rings is 1. The molecule has 1 heterocycles. The maximum Gasteiger partial charge on any atom is 0.0537 e. The van der Waals surface area contributed by atoms with E-state index in [-0.39, 0.29) is 0 Å². The van der Waals surface area contributed by atoms with Gasteiger partial charge < -0.3 is 5.32 Å². The molecule has 21 heavy (non-hydrogen) atoms. The molecule has 0 spiro atoms. The maximum atomic E-state index is 4.50. The molecule has 0 fully saturated rings. The van der Waals surface area contributed by atoms with Gasteiger partial charge in [-0.1, -0.05) is 51.1 Å². The lowest BCUT2D eigenvalue weighted by atomic mass is 9.86. The predicted octanol–water partition coefficient (Wildman–Crippen LogP) is 4.14. The first-order chi connectivity index (χ1) is 10.3. The van der Waals surface area contributed by atoms with E-state index >= 15 is 0 Å². The Morgan fingerprint density at radius 3 is 2.48 bits per heavy atom. The second-order valence-corrected chi connectivity index (χ2v) is 5.50. The summed E-state index contributed by atoms with van der Waals surface area (Å²) in [5, 5.41) is 8.15. The first kappa shape index (κ1) is 15.8. The van der Waals surface area contributed by atoms with E-state index in [9.17, 15) is 0 Å². The van der Waals surface area contributed by atoms with Crippen LogP contribution in [0.4, 0.5) is 0 Å². The van der Waals surface area contributed by atoms with Crippen LogP contribution < -0.4 is 5.32 Å². The Morgan fingerprint density at radius 1 is 1.10 bits per heavy atom. The summed E-state index contributed by atoms with van der Waals surface area (Å²) in [7, 11) is 0. The quantitative estimate of drug-likeness (QED) is 0.790. The molecular weight excluding hydrogens is 258 g/mol. The molecule has 0 aliphatic rings. The minimum Gasteiger partial charge on any atom is -0.310 e. The number of hydrogen-bond acceptors (Lipinski definition) is 2. The van der Waals surface area contributed by atoms with Crippen LogP contribution in [0.1, 0.15) is 56.7 Å². The third-order valence-corrected chi connectivity index (χ3v) is 3.96. The smallest absolute Gasteiger partial charge is 0.0537 e. The van der Waals surface area contributed by atoms with E-state index < -0.39 is 0 Å². The molecule has 1 aromatic heterocycles. The van der Waals surface area contributed by atoms with Gasteiger partial charge >= 0.3 is 0 Å². The third-order valence-electron chi connectivity index (χ3n) is 3.96. The van der Waals surface area contributed by atoms with E-state index in [1.165, 1.54) is 11.1 Å². The third kappa shape index (κ3) is 3.94. The Morgan fingerprint density at radius 2 is 1.86 bits per heavy atom. The lowest BCUT2D eigenvalue weighted by Crippen LogP contribution is -2.26. The number of hydrogen-bond donors (Lipinski definition) is 1. The van der Waals surface area contributed by atoms with Crippen LogP contribution in [-0.4, -0.2) is 16.3 Å². The summed E-state index contributed by atoms with van der Waals surface area (Å²) in [6.07, 6.45) is 6.44. The molecule has 114 valence electrons. The maximum absolute atomic E-state index is 4.50. The highest BCUT2D eigenvalue weighted by Crippen LogP contribution is 2.33. The first-order valence-electron chi connectivity index (χ1n) is 8.10. The zero-order valence-corrected chi connectivity index (χ0v) is 13.4. The van der Waals surface area contributed by atoms with Crippen molar-refractivity contribution in [1.29, 1.82) is 0 Å². The molecule has 3 heteroatoms. The van der Waals surface area contributed by atoms with Crippen molar-refractivity contribution >= 4 is 0 Å². The van der Waals surface area contributed by atoms with E-state index in [0.29, 0.717) is 12.0 Å². The van der Waals surface area contributed by atoms with Crippen molar-refractivity contribution < 1.29 is 0 Å². The van der Waals surface area contributed by atoms with Gasteiger partial charge in [0.25, 0.3) is 0 Å². The molecule has 2 rings (SSSR count). The molecule has 2 aromatic rings. The van der Waals surface area contributed by atoms with Crippen molar-refractivity contribution in [2.75, 3.05) is 6.54 Å². The van der Waals surface area contributed by atoms with Crippen LogP contribution in [0.15, 0.2) is 42.7 Å². The summed E-state index contributed by atoms with van der Waals surface area (Å²) < 4.78 is 2.05. The average molecular weight is 285 g/mol. The van der Waals surface area contributed by atoms with Crippen LogP contribution in [0.2, 0.25) is 0 Å². The summed E-state index contributed by atoms with van der Waals surface area (Å²) in [6, 6.07) is 11.1. The van der Waals surface area contributed by atoms with Gasteiger partial charge in [-0.25, -0.2) is 0 Å². The largest absolute Gasteiger partial charge is 0.310 e. The summed E-state index contributed by atoms with van der Waals surface area (Å²) in [4.78, 5) is 0. The van der Waals surface area contributed by atoms with Gasteiger partial charge in [0.15, 0.2) is 0 Å². The van der Waals surface area contributed by atoms with Gasteiger partial charge in [0, 0.05) is 30.3 Å². The summed E-state index contributed by atoms with van der Waals surface area (Å²) in [6.45, 7) is 8.57. The summed E-state index contributed by atoms with van der Waals surface area (Å²) in [5.74, 6) is 0.477. The molecular formula is C18H27N3. The Bertz CT molecular complexity index is 518. The van der Waals surface area contributed by atoms with Gasteiger partial charge in [-0.05, 0) is 24.9 Å². The Hall–Kier alpha value is -1.61. The standard InChI is InChI=1S/C18H27N3/c1-4-12-21-14-16(13-20-21)18(19-6-3)17(5-2)15-10-8-7-9-11-15/h7-11,13-14,17-19H,4-6,12H2,1-3H3. The fourth-order valence-electron chi connectivity index (χ4n) is 2.97. The second kappa shape index (κ2) is 7.99. The average Bonchev–Trinajstić information content (AvgIpc) is 2.97. The van der Waals surface area contributed by atoms with Crippen LogP contribution in [0, 0.1) is 0 Å². The van der Waals surface area contributed by atoms with Gasteiger partial charge in [0.2, 0.25) is 0 Å². The summed E-state index contributed by atoms with van der Waals surface area (Å²) >= 11 is 0. The van der Waals surface area contributed by atoms with Crippen LogP contribution in [-0.2, 0) is 6.54 Å². The van der Waals surface area contributed by atoms with E-state index in [4.69, 9.17) is 0 Å². The van der Waals surface area contributed by atoms with Crippen molar-refractivity contribution in [2.45, 2.75) is 52.1 Å². The van der Waals surface area contributed by atoms with Crippen molar-refractivity contribution in [2.24, 2.45) is 0 Å². The molecule has 2 atom stereocenters. The van der Waals surface area contributed by atoms with Crippen LogP contribution in [0.25, 0.3) is 0 Å². The van der Waals surface area contributed by atoms with Crippen molar-refractivity contribution in [3.05, 3.63) is 53.9 Å². The molecule has 0 aliphatic carbocycles. The molecule has 1 aromatic carbocycles. The van der Waals surface area contributed by atoms with Gasteiger partial charge in [0.05, 0.1) is 6.20 Å². The van der Waals surface area contributed by atoms with Crippen LogP contribution >= 0.6 is 0 Å². The Balaban J connectivity index is 2.27. The highest BCUT2D eigenvalue weighted by molar-refractivity contribution is 5.25. The molecule has 3 nitrogen and oxygen atoms in total. The SMILES string of the molecule is CCCn1cc(C(NCC)C(CC)c2ccccc2)cn1. The number of rotatable bonds is 8. The number of nitrogens with zero attached hydrogens (tertiary/aromatic N) is 2. The van der Waals surface area contributed by atoms with Gasteiger partial charge in [-0.2, -0.15) is 5.10 Å². The highest BCUT2D eigenvalue weighted by Gasteiger charge is 2.23. The van der Waals surface area contributed by atoms with Crippen molar-refractivity contribution in [3.8, 4) is 0 Å². The lowest BCUT2D eigenvalue weighted by molar-refractivity contribution is 0.445. The van der Waals surface area contributed by atoms with Crippen LogP contribution in [0.5, 0.6) is 0 Å². The fourth-order valence-corrected chi connectivity index (χ4v) is 2.97. The molecule has 0 aliphatic heterocycles. The van der Waals surface area contributed by atoms with E-state index in [1.54, 1.807) is 0 Å². The van der Waals surface area contributed by atoms with Gasteiger partial charge in [-0.3, -0.25) is 4.68 Å². The number of likely N-dealkylation sites (N-methyl/N-ethyl adjacent to an activating group) is 1. The molecule has 0 radical (unpaired) electrons. The Kier molecular flexibility index (Phi) is 6.00. The monoisotopic (exact) mass is 285 g/mol. The van der Waals surface area contributed by atoms with Crippen molar-refractivity contribution in [3.63, 3.8) is 0 Å². The topological polar surface area (TPSA) is 29.9 Å². The normalized spacial score (nSPS) is 14.0. The van der Waals surface area contributed by atoms with Gasteiger partial charge in [-0.15, -0.1) is 0 Å². The zero-order chi connectivity index (χ0) is 15.1. The van der Waals surface area contributed by atoms with E-state index in [1.807, 2.05) is 6.20 Å². The minimum absolute atomic E-state index is 0.327. The molecule has 0 saturated heterocycles. The lowest BCUT2D eigenvalue weighted by Gasteiger charge is -2.26. The molecule has 2 unspecified atom stereocenters. The highest BCUT2D eigenvalue weighted by atomic mass is 15.3. The van der Waals surface area contributed by atoms with Gasteiger partial charge in [0.1, 0.15) is 0 Å². The van der Waals surface area contributed by atoms with Crippen molar-refractivity contribution in [1.82, 2.24) is 15.1 Å². The van der Waals surface area contributed by atoms with E-state index in [2.05, 4.69) is 72.4 Å². The Labute approximate surface area is 128 Å². The minimum atomic E-state index is 0.327. The number of aryl methyl sites for hydroxylation is 1. The zero-order valence-electron chi connectivity index (χ0n) is 13.4. The predicted molar refractivity (Wildman–Crippen MR) is 88.4 cm³/mol.